The van der Waals surface area contributed by atoms with Crippen LogP contribution in [-0.2, 0) is 4.74 Å². The van der Waals surface area contributed by atoms with Gasteiger partial charge in [0.05, 0.1) is 23.0 Å². The molecule has 5 nitrogen and oxygen atoms in total. The number of para-hydroxylation sites is 1. The summed E-state index contributed by atoms with van der Waals surface area (Å²) in [5, 5.41) is 4.61. The molecule has 1 aromatic carbocycles. The maximum atomic E-state index is 5.68. The van der Waals surface area contributed by atoms with Crippen LogP contribution in [0.3, 0.4) is 0 Å². The van der Waals surface area contributed by atoms with Crippen LogP contribution in [0.4, 0.5) is 0 Å². The Balaban J connectivity index is 2.08. The van der Waals surface area contributed by atoms with Crippen molar-refractivity contribution in [2.75, 3.05) is 7.11 Å². The largest absolute Gasteiger partial charge is 0.379 e. The van der Waals surface area contributed by atoms with Crippen molar-refractivity contribution in [1.29, 1.82) is 0 Å². The second-order valence-corrected chi connectivity index (χ2v) is 5.74. The first-order chi connectivity index (χ1) is 10.1. The number of hydrogen-bond donors (Lipinski definition) is 2. The Morgan fingerprint density at radius 2 is 2.00 bits per heavy atom. The van der Waals surface area contributed by atoms with Gasteiger partial charge >= 0.3 is 0 Å². The van der Waals surface area contributed by atoms with E-state index < -0.39 is 0 Å². The number of ether oxygens (including phenoxy) is 1. The van der Waals surface area contributed by atoms with Crippen LogP contribution < -0.4 is 11.3 Å². The maximum Gasteiger partial charge on any atom is 0.0811 e. The van der Waals surface area contributed by atoms with Gasteiger partial charge in [0, 0.05) is 13.3 Å². The van der Waals surface area contributed by atoms with Gasteiger partial charge in [-0.15, -0.1) is 0 Å². The molecule has 0 aliphatic rings. The summed E-state index contributed by atoms with van der Waals surface area (Å²) in [5.74, 6) is 5.68. The average Bonchev–Trinajstić information content (AvgIpc) is 2.98. The summed E-state index contributed by atoms with van der Waals surface area (Å²) in [4.78, 5) is 0. The monoisotopic (exact) mass is 288 g/mol. The number of aromatic nitrogens is 2. The van der Waals surface area contributed by atoms with Crippen LogP contribution in [0.1, 0.15) is 38.4 Å². The van der Waals surface area contributed by atoms with Gasteiger partial charge in [-0.3, -0.25) is 11.3 Å². The van der Waals surface area contributed by atoms with Crippen LogP contribution in [0.2, 0.25) is 0 Å². The van der Waals surface area contributed by atoms with Crippen LogP contribution in [0, 0.1) is 0 Å². The van der Waals surface area contributed by atoms with Gasteiger partial charge in [-0.1, -0.05) is 18.2 Å². The van der Waals surface area contributed by atoms with E-state index in [1.165, 1.54) is 0 Å². The van der Waals surface area contributed by atoms with Crippen molar-refractivity contribution in [3.63, 3.8) is 0 Å². The molecule has 5 heteroatoms. The van der Waals surface area contributed by atoms with Crippen molar-refractivity contribution in [2.45, 2.75) is 38.3 Å². The molecule has 0 saturated heterocycles. The van der Waals surface area contributed by atoms with E-state index in [1.54, 1.807) is 7.11 Å². The summed E-state index contributed by atoms with van der Waals surface area (Å²) in [7, 11) is 1.73. The maximum absolute atomic E-state index is 5.68. The number of nitrogens with one attached hydrogen (secondary N) is 1. The fourth-order valence-electron chi connectivity index (χ4n) is 2.16. The molecular weight excluding hydrogens is 264 g/mol. The SMILES string of the molecule is COC(C)(C)CCC(NN)c1ccn(-c2ccccc2)n1. The van der Waals surface area contributed by atoms with Gasteiger partial charge in [-0.25, -0.2) is 4.68 Å². The fraction of sp³-hybridized carbons (Fsp3) is 0.438. The first-order valence-electron chi connectivity index (χ1n) is 7.18. The molecule has 3 N–H and O–H groups in total. The average molecular weight is 288 g/mol. The molecule has 0 bridgehead atoms. The Hall–Kier alpha value is -1.69. The Kier molecular flexibility index (Phi) is 5.12. The number of hydrogen-bond acceptors (Lipinski definition) is 4. The van der Waals surface area contributed by atoms with E-state index in [0.29, 0.717) is 0 Å². The summed E-state index contributed by atoms with van der Waals surface area (Å²) < 4.78 is 7.31. The molecular formula is C16H24N4O. The van der Waals surface area contributed by atoms with E-state index in [9.17, 15) is 0 Å². The first kappa shape index (κ1) is 15.7. The molecule has 0 aliphatic carbocycles. The molecule has 0 spiro atoms. The number of nitrogens with two attached hydrogens (primary N) is 1. The van der Waals surface area contributed by atoms with Crippen molar-refractivity contribution in [1.82, 2.24) is 15.2 Å². The minimum Gasteiger partial charge on any atom is -0.379 e. The zero-order chi connectivity index (χ0) is 15.3. The van der Waals surface area contributed by atoms with Gasteiger partial charge in [0.15, 0.2) is 0 Å². The summed E-state index contributed by atoms with van der Waals surface area (Å²) in [6.07, 6.45) is 3.72. The minimum absolute atomic E-state index is 0.0180. The third-order valence-corrected chi connectivity index (χ3v) is 3.78. The highest BCUT2D eigenvalue weighted by atomic mass is 16.5. The zero-order valence-corrected chi connectivity index (χ0v) is 12.9. The fourth-order valence-corrected chi connectivity index (χ4v) is 2.16. The molecule has 1 atom stereocenters. The van der Waals surface area contributed by atoms with Gasteiger partial charge < -0.3 is 4.74 Å². The lowest BCUT2D eigenvalue weighted by atomic mass is 9.98. The molecule has 0 amide bonds. The van der Waals surface area contributed by atoms with E-state index in [4.69, 9.17) is 10.6 Å². The molecule has 114 valence electrons. The predicted octanol–water partition coefficient (Wildman–Crippen LogP) is 2.58. The van der Waals surface area contributed by atoms with Crippen LogP contribution in [0.15, 0.2) is 42.6 Å². The number of hydrazine groups is 1. The van der Waals surface area contributed by atoms with Crippen molar-refractivity contribution >= 4 is 0 Å². The molecule has 1 unspecified atom stereocenters. The Morgan fingerprint density at radius 3 is 2.62 bits per heavy atom. The number of rotatable bonds is 7. The summed E-state index contributed by atoms with van der Waals surface area (Å²) in [6.45, 7) is 4.15. The highest BCUT2D eigenvalue weighted by Crippen LogP contribution is 2.23. The van der Waals surface area contributed by atoms with Crippen molar-refractivity contribution < 1.29 is 4.74 Å². The molecule has 0 radical (unpaired) electrons. The van der Waals surface area contributed by atoms with Gasteiger partial charge in [-0.05, 0) is 44.9 Å². The second-order valence-electron chi connectivity index (χ2n) is 5.74. The smallest absolute Gasteiger partial charge is 0.0811 e. The molecule has 21 heavy (non-hydrogen) atoms. The summed E-state index contributed by atoms with van der Waals surface area (Å²) >= 11 is 0. The molecule has 0 fully saturated rings. The molecule has 2 aromatic rings. The predicted molar refractivity (Wildman–Crippen MR) is 84.0 cm³/mol. The quantitative estimate of drug-likeness (QED) is 0.607. The van der Waals surface area contributed by atoms with Gasteiger partial charge in [0.2, 0.25) is 0 Å². The second kappa shape index (κ2) is 6.85. The van der Waals surface area contributed by atoms with Crippen LogP contribution in [0.5, 0.6) is 0 Å². The van der Waals surface area contributed by atoms with E-state index in [0.717, 1.165) is 24.2 Å². The van der Waals surface area contributed by atoms with Gasteiger partial charge in [0.25, 0.3) is 0 Å². The van der Waals surface area contributed by atoms with Crippen LogP contribution in [-0.4, -0.2) is 22.5 Å². The van der Waals surface area contributed by atoms with Crippen LogP contribution >= 0.6 is 0 Å². The van der Waals surface area contributed by atoms with E-state index in [2.05, 4.69) is 24.4 Å². The Bertz CT molecular complexity index is 550. The lowest BCUT2D eigenvalue weighted by Crippen LogP contribution is -2.31. The molecule has 2 rings (SSSR count). The first-order valence-corrected chi connectivity index (χ1v) is 7.18. The summed E-state index contributed by atoms with van der Waals surface area (Å²) in [5.41, 5.74) is 4.67. The number of methoxy groups -OCH3 is 1. The zero-order valence-electron chi connectivity index (χ0n) is 12.9. The topological polar surface area (TPSA) is 65.1 Å². The number of benzene rings is 1. The van der Waals surface area contributed by atoms with E-state index in [1.807, 2.05) is 47.3 Å². The third-order valence-electron chi connectivity index (χ3n) is 3.78. The van der Waals surface area contributed by atoms with Crippen molar-refractivity contribution in [2.24, 2.45) is 5.84 Å². The van der Waals surface area contributed by atoms with Crippen molar-refractivity contribution in [3.05, 3.63) is 48.3 Å². The summed E-state index contributed by atoms with van der Waals surface area (Å²) in [6, 6.07) is 12.0. The van der Waals surface area contributed by atoms with E-state index in [-0.39, 0.29) is 11.6 Å². The molecule has 1 heterocycles. The standard InChI is InChI=1S/C16H24N4O/c1-16(2,21-3)11-9-14(18-17)15-10-12-20(19-15)13-7-5-4-6-8-13/h4-8,10,12,14,18H,9,11,17H2,1-3H3. The van der Waals surface area contributed by atoms with E-state index >= 15 is 0 Å². The Morgan fingerprint density at radius 1 is 1.29 bits per heavy atom. The molecule has 1 aromatic heterocycles. The lowest BCUT2D eigenvalue weighted by molar-refractivity contribution is 0.0116. The van der Waals surface area contributed by atoms with Crippen LogP contribution in [0.25, 0.3) is 5.69 Å². The highest BCUT2D eigenvalue weighted by molar-refractivity contribution is 5.30. The minimum atomic E-state index is -0.156. The third kappa shape index (κ3) is 4.14. The number of nitrogens with zero attached hydrogens (tertiary/aromatic N) is 2. The molecule has 0 saturated carbocycles. The highest BCUT2D eigenvalue weighted by Gasteiger charge is 2.21. The van der Waals surface area contributed by atoms with Gasteiger partial charge in [-0.2, -0.15) is 5.10 Å². The molecule has 0 aliphatic heterocycles. The lowest BCUT2D eigenvalue weighted by Gasteiger charge is -2.25. The Labute approximate surface area is 126 Å². The normalized spacial score (nSPS) is 13.3. The van der Waals surface area contributed by atoms with Crippen molar-refractivity contribution in [3.8, 4) is 5.69 Å². The van der Waals surface area contributed by atoms with Gasteiger partial charge in [0.1, 0.15) is 0 Å².